The van der Waals surface area contributed by atoms with E-state index in [1.807, 2.05) is 39.0 Å². The quantitative estimate of drug-likeness (QED) is 0.829. The molecule has 2 amide bonds. The van der Waals surface area contributed by atoms with Crippen LogP contribution in [0.5, 0.6) is 0 Å². The van der Waals surface area contributed by atoms with Crippen molar-refractivity contribution in [2.45, 2.75) is 39.7 Å². The maximum atomic E-state index is 12.4. The number of amides is 2. The van der Waals surface area contributed by atoms with Gasteiger partial charge in [0.15, 0.2) is 0 Å². The van der Waals surface area contributed by atoms with E-state index in [1.165, 1.54) is 0 Å². The number of benzene rings is 1. The fourth-order valence-corrected chi connectivity index (χ4v) is 2.64. The highest BCUT2D eigenvalue weighted by Gasteiger charge is 2.56. The van der Waals surface area contributed by atoms with Gasteiger partial charge in [0.1, 0.15) is 5.41 Å². The number of carbonyl (C=O) groups excluding carboxylic acids is 2. The van der Waals surface area contributed by atoms with Crippen molar-refractivity contribution in [3.8, 4) is 0 Å². The number of anilines is 1. The van der Waals surface area contributed by atoms with Crippen molar-refractivity contribution < 1.29 is 9.59 Å². The van der Waals surface area contributed by atoms with Gasteiger partial charge in [0.05, 0.1) is 5.69 Å². The van der Waals surface area contributed by atoms with Crippen LogP contribution in [-0.4, -0.2) is 17.9 Å². The third-order valence-corrected chi connectivity index (χ3v) is 4.07. The van der Waals surface area contributed by atoms with Gasteiger partial charge in [-0.2, -0.15) is 0 Å². The van der Waals surface area contributed by atoms with Crippen LogP contribution in [0.3, 0.4) is 0 Å². The maximum absolute atomic E-state index is 12.4. The first-order valence-corrected chi connectivity index (χ1v) is 7.53. The Morgan fingerprint density at radius 1 is 1.25 bits per heavy atom. The molecule has 4 nitrogen and oxygen atoms in total. The Morgan fingerprint density at radius 2 is 1.90 bits per heavy atom. The SMILES string of the molecule is Cc1ccc(NC(=O)C2(C(=O)NC(C)C)CC2)c(Br)c1. The first kappa shape index (κ1) is 15.0. The molecule has 0 saturated heterocycles. The van der Waals surface area contributed by atoms with E-state index < -0.39 is 5.41 Å². The number of hydrogen-bond donors (Lipinski definition) is 2. The minimum absolute atomic E-state index is 0.0406. The van der Waals surface area contributed by atoms with Gasteiger partial charge in [-0.05, 0) is 67.2 Å². The molecular formula is C15H19BrN2O2. The van der Waals surface area contributed by atoms with Crippen LogP contribution in [-0.2, 0) is 9.59 Å². The van der Waals surface area contributed by atoms with Crippen LogP contribution in [0.1, 0.15) is 32.3 Å². The van der Waals surface area contributed by atoms with Crippen molar-refractivity contribution in [2.24, 2.45) is 5.41 Å². The van der Waals surface area contributed by atoms with E-state index in [4.69, 9.17) is 0 Å². The van der Waals surface area contributed by atoms with Crippen LogP contribution in [0.4, 0.5) is 5.69 Å². The molecule has 1 saturated carbocycles. The monoisotopic (exact) mass is 338 g/mol. The van der Waals surface area contributed by atoms with E-state index in [0.29, 0.717) is 18.5 Å². The number of rotatable bonds is 4. The third kappa shape index (κ3) is 3.03. The Hall–Kier alpha value is -1.36. The average Bonchev–Trinajstić information content (AvgIpc) is 3.13. The zero-order chi connectivity index (χ0) is 14.9. The summed E-state index contributed by atoms with van der Waals surface area (Å²) in [5, 5.41) is 5.67. The molecule has 1 fully saturated rings. The molecule has 0 aliphatic heterocycles. The summed E-state index contributed by atoms with van der Waals surface area (Å²) in [6.45, 7) is 5.76. The number of halogens is 1. The molecule has 2 N–H and O–H groups in total. The van der Waals surface area contributed by atoms with Crippen molar-refractivity contribution >= 4 is 33.4 Å². The maximum Gasteiger partial charge on any atom is 0.240 e. The second kappa shape index (κ2) is 5.56. The molecule has 1 aliphatic rings. The number of nitrogens with one attached hydrogen (secondary N) is 2. The largest absolute Gasteiger partial charge is 0.353 e. The van der Waals surface area contributed by atoms with E-state index in [-0.39, 0.29) is 17.9 Å². The normalized spacial score (nSPS) is 15.8. The van der Waals surface area contributed by atoms with Gasteiger partial charge in [0, 0.05) is 10.5 Å². The third-order valence-electron chi connectivity index (χ3n) is 3.41. The topological polar surface area (TPSA) is 58.2 Å². The lowest BCUT2D eigenvalue weighted by atomic mass is 10.0. The molecule has 0 bridgehead atoms. The van der Waals surface area contributed by atoms with E-state index in [9.17, 15) is 9.59 Å². The molecule has 20 heavy (non-hydrogen) atoms. The predicted molar refractivity (Wildman–Crippen MR) is 82.5 cm³/mol. The fraction of sp³-hybridized carbons (Fsp3) is 0.467. The first-order valence-electron chi connectivity index (χ1n) is 6.74. The molecule has 5 heteroatoms. The number of aryl methyl sites for hydroxylation is 1. The Balaban J connectivity index is 2.10. The van der Waals surface area contributed by atoms with E-state index >= 15 is 0 Å². The summed E-state index contributed by atoms with van der Waals surface area (Å²) in [6, 6.07) is 5.74. The molecule has 0 radical (unpaired) electrons. The molecule has 0 unspecified atom stereocenters. The van der Waals surface area contributed by atoms with Crippen LogP contribution in [0.15, 0.2) is 22.7 Å². The second-order valence-corrected chi connectivity index (χ2v) is 6.50. The lowest BCUT2D eigenvalue weighted by Gasteiger charge is -2.17. The lowest BCUT2D eigenvalue weighted by Crippen LogP contribution is -2.42. The van der Waals surface area contributed by atoms with Crippen LogP contribution in [0.2, 0.25) is 0 Å². The molecule has 0 atom stereocenters. The summed E-state index contributed by atoms with van der Waals surface area (Å²) in [5.74, 6) is -0.395. The molecule has 1 aromatic carbocycles. The van der Waals surface area contributed by atoms with Gasteiger partial charge in [-0.15, -0.1) is 0 Å². The summed E-state index contributed by atoms with van der Waals surface area (Å²) in [7, 11) is 0. The minimum Gasteiger partial charge on any atom is -0.353 e. The first-order chi connectivity index (χ1) is 9.35. The van der Waals surface area contributed by atoms with Crippen LogP contribution in [0, 0.1) is 12.3 Å². The van der Waals surface area contributed by atoms with E-state index in [0.717, 1.165) is 10.0 Å². The summed E-state index contributed by atoms with van der Waals surface area (Å²) in [4.78, 5) is 24.5. The average molecular weight is 339 g/mol. The van der Waals surface area contributed by atoms with Gasteiger partial charge in [0.2, 0.25) is 11.8 Å². The Bertz CT molecular complexity index is 551. The second-order valence-electron chi connectivity index (χ2n) is 5.65. The van der Waals surface area contributed by atoms with Crippen LogP contribution in [0.25, 0.3) is 0 Å². The van der Waals surface area contributed by atoms with Crippen molar-refractivity contribution in [3.63, 3.8) is 0 Å². The van der Waals surface area contributed by atoms with E-state index in [2.05, 4.69) is 26.6 Å². The van der Waals surface area contributed by atoms with Gasteiger partial charge in [0.25, 0.3) is 0 Å². The van der Waals surface area contributed by atoms with Gasteiger partial charge in [-0.1, -0.05) is 6.07 Å². The summed E-state index contributed by atoms with van der Waals surface area (Å²) >= 11 is 3.42. The molecular weight excluding hydrogens is 320 g/mol. The Labute approximate surface area is 127 Å². The van der Waals surface area contributed by atoms with E-state index in [1.54, 1.807) is 0 Å². The van der Waals surface area contributed by atoms with Gasteiger partial charge >= 0.3 is 0 Å². The molecule has 0 aromatic heterocycles. The lowest BCUT2D eigenvalue weighted by molar-refractivity contribution is -0.134. The Morgan fingerprint density at radius 3 is 2.40 bits per heavy atom. The summed E-state index contributed by atoms with van der Waals surface area (Å²) in [5.41, 5.74) is 0.923. The predicted octanol–water partition coefficient (Wildman–Crippen LogP) is 3.00. The molecule has 1 aromatic rings. The van der Waals surface area contributed by atoms with Crippen molar-refractivity contribution in [3.05, 3.63) is 28.2 Å². The molecule has 2 rings (SSSR count). The molecule has 108 valence electrons. The zero-order valence-corrected chi connectivity index (χ0v) is 13.5. The molecule has 0 heterocycles. The zero-order valence-electron chi connectivity index (χ0n) is 11.9. The highest BCUT2D eigenvalue weighted by atomic mass is 79.9. The smallest absolute Gasteiger partial charge is 0.240 e. The van der Waals surface area contributed by atoms with Crippen molar-refractivity contribution in [1.29, 1.82) is 0 Å². The van der Waals surface area contributed by atoms with Gasteiger partial charge in [-0.25, -0.2) is 0 Å². The van der Waals surface area contributed by atoms with Crippen LogP contribution >= 0.6 is 15.9 Å². The molecule has 0 spiro atoms. The van der Waals surface area contributed by atoms with Gasteiger partial charge < -0.3 is 10.6 Å². The highest BCUT2D eigenvalue weighted by molar-refractivity contribution is 9.10. The van der Waals surface area contributed by atoms with Crippen LogP contribution < -0.4 is 10.6 Å². The fourth-order valence-electron chi connectivity index (χ4n) is 2.05. The standard InChI is InChI=1S/C15H19BrN2O2/c1-9(2)17-13(19)15(6-7-15)14(20)18-12-5-4-10(3)8-11(12)16/h4-5,8-9H,6-7H2,1-3H3,(H,17,19)(H,18,20). The van der Waals surface area contributed by atoms with Crippen molar-refractivity contribution in [1.82, 2.24) is 5.32 Å². The van der Waals surface area contributed by atoms with Gasteiger partial charge in [-0.3, -0.25) is 9.59 Å². The van der Waals surface area contributed by atoms with Crippen molar-refractivity contribution in [2.75, 3.05) is 5.32 Å². The minimum atomic E-state index is -0.880. The summed E-state index contributed by atoms with van der Waals surface area (Å²) in [6.07, 6.45) is 1.22. The number of hydrogen-bond acceptors (Lipinski definition) is 2. The highest BCUT2D eigenvalue weighted by Crippen LogP contribution is 2.47. The summed E-state index contributed by atoms with van der Waals surface area (Å²) < 4.78 is 0.825. The molecule has 1 aliphatic carbocycles. The number of carbonyl (C=O) groups is 2. The Kier molecular flexibility index (Phi) is 4.18.